The van der Waals surface area contributed by atoms with Crippen molar-refractivity contribution in [2.24, 2.45) is 0 Å². The van der Waals surface area contributed by atoms with Crippen LogP contribution in [0.5, 0.6) is 5.75 Å². The number of amides is 2. The van der Waals surface area contributed by atoms with Crippen molar-refractivity contribution in [2.45, 2.75) is 70.1 Å². The molecule has 5 rings (SSSR count). The molecular formula is C37H57N7O8. The second-order valence-electron chi connectivity index (χ2n) is 13.1. The molecular weight excluding hydrogens is 670 g/mol. The van der Waals surface area contributed by atoms with E-state index in [1.807, 2.05) is 6.92 Å². The highest BCUT2D eigenvalue weighted by Crippen LogP contribution is 2.40. The summed E-state index contributed by atoms with van der Waals surface area (Å²) in [4.78, 5) is 39.9. The fourth-order valence-corrected chi connectivity index (χ4v) is 6.90. The van der Waals surface area contributed by atoms with Gasteiger partial charge >= 0.3 is 0 Å². The molecule has 3 heterocycles. The Bertz CT molecular complexity index is 1410. The first-order chi connectivity index (χ1) is 25.5. The Labute approximate surface area is 307 Å². The van der Waals surface area contributed by atoms with E-state index in [2.05, 4.69) is 25.8 Å². The Morgan fingerprint density at radius 1 is 0.923 bits per heavy atom. The Hall–Kier alpha value is -3.60. The maximum Gasteiger partial charge on any atom is 0.253 e. The number of methoxy groups -OCH3 is 1. The summed E-state index contributed by atoms with van der Waals surface area (Å²) in [7, 11) is 3.32. The minimum atomic E-state index is -0.293. The third kappa shape index (κ3) is 11.0. The predicted octanol–water partition coefficient (Wildman–Crippen LogP) is 3.30. The molecule has 0 bridgehead atoms. The molecule has 1 saturated heterocycles. The van der Waals surface area contributed by atoms with Crippen LogP contribution >= 0.6 is 0 Å². The number of ether oxygens (including phenoxy) is 6. The fourth-order valence-electron chi connectivity index (χ4n) is 6.90. The third-order valence-electron chi connectivity index (χ3n) is 9.66. The fraction of sp³-hybridized carbons (Fsp3) is 0.676. The highest BCUT2D eigenvalue weighted by Gasteiger charge is 2.41. The van der Waals surface area contributed by atoms with Gasteiger partial charge in [0.25, 0.3) is 5.91 Å². The van der Waals surface area contributed by atoms with Crippen molar-refractivity contribution in [1.82, 2.24) is 20.6 Å². The second-order valence-corrected chi connectivity index (χ2v) is 13.1. The summed E-state index contributed by atoms with van der Waals surface area (Å²) in [6.45, 7) is 8.71. The van der Waals surface area contributed by atoms with Crippen molar-refractivity contribution < 1.29 is 38.0 Å². The quantitative estimate of drug-likeness (QED) is 0.152. The highest BCUT2D eigenvalue weighted by molar-refractivity contribution is 6.05. The van der Waals surface area contributed by atoms with Gasteiger partial charge in [0.1, 0.15) is 17.5 Å². The van der Waals surface area contributed by atoms with Crippen molar-refractivity contribution in [3.8, 4) is 5.75 Å². The van der Waals surface area contributed by atoms with E-state index in [1.54, 1.807) is 43.5 Å². The van der Waals surface area contributed by atoms with E-state index in [4.69, 9.17) is 33.4 Å². The molecule has 0 radical (unpaired) electrons. The standard InChI is InChI=1S/C37H57N7O8/c1-4-30-36(46)43(2)31-26-40-37(42-34(31)44(30)27-8-5-6-9-27)41-33-29(10-7-11-32(33)47-3)35(45)39-16-17-48-18-19-49-20-21-50-22-23-51-24-25-52-28-12-14-38-15-13-28/h7,10-11,26-28,30,38H,4-6,8-9,12-25H2,1-3H3,(H,39,45)(H,40,41,42)/t30-/m1/s1. The average molecular weight is 728 g/mol. The van der Waals surface area contributed by atoms with Crippen LogP contribution < -0.4 is 30.5 Å². The number of hydrogen-bond donors (Lipinski definition) is 3. The molecule has 1 saturated carbocycles. The number of rotatable bonds is 22. The van der Waals surface area contributed by atoms with Gasteiger partial charge in [-0.1, -0.05) is 25.8 Å². The Kier molecular flexibility index (Phi) is 16.1. The maximum absolute atomic E-state index is 13.3. The van der Waals surface area contributed by atoms with Crippen molar-refractivity contribution in [3.63, 3.8) is 0 Å². The molecule has 1 aromatic carbocycles. The Morgan fingerprint density at radius 3 is 2.23 bits per heavy atom. The zero-order valence-corrected chi connectivity index (χ0v) is 31.0. The zero-order valence-electron chi connectivity index (χ0n) is 31.0. The van der Waals surface area contributed by atoms with Crippen LogP contribution in [0.4, 0.5) is 23.1 Å². The van der Waals surface area contributed by atoms with Crippen molar-refractivity contribution in [2.75, 3.05) is 108 Å². The number of hydrogen-bond acceptors (Lipinski definition) is 13. The molecule has 2 aromatic rings. The molecule has 15 nitrogen and oxygen atoms in total. The van der Waals surface area contributed by atoms with Crippen LogP contribution in [-0.4, -0.2) is 133 Å². The van der Waals surface area contributed by atoms with E-state index in [1.165, 1.54) is 0 Å². The first kappa shape index (κ1) is 39.6. The lowest BCUT2D eigenvalue weighted by molar-refractivity contribution is -0.120. The SMILES string of the molecule is CC[C@@H]1C(=O)N(C)c2cnc(Nc3c(OC)cccc3C(=O)NCCOCCOCCOCCOCCOC3CCNCC3)nc2N1C1CCCC1. The number of carbonyl (C=O) groups excluding carboxylic acids is 2. The first-order valence-corrected chi connectivity index (χ1v) is 18.8. The normalized spacial score (nSPS) is 18.1. The Morgan fingerprint density at radius 2 is 1.58 bits per heavy atom. The molecule has 3 aliphatic rings. The van der Waals surface area contributed by atoms with E-state index in [-0.39, 0.29) is 23.9 Å². The van der Waals surface area contributed by atoms with Crippen molar-refractivity contribution in [1.29, 1.82) is 0 Å². The Balaban J connectivity index is 1.01. The van der Waals surface area contributed by atoms with Crippen LogP contribution in [0.15, 0.2) is 24.4 Å². The number of nitrogens with zero attached hydrogens (tertiary/aromatic N) is 4. The summed E-state index contributed by atoms with van der Waals surface area (Å²) in [6, 6.07) is 5.22. The summed E-state index contributed by atoms with van der Waals surface area (Å²) in [5, 5.41) is 9.50. The molecule has 52 heavy (non-hydrogen) atoms. The average Bonchev–Trinajstić information content (AvgIpc) is 3.71. The molecule has 0 spiro atoms. The number of piperidine rings is 1. The molecule has 0 unspecified atom stereocenters. The third-order valence-corrected chi connectivity index (χ3v) is 9.66. The summed E-state index contributed by atoms with van der Waals surface area (Å²) in [6.07, 6.45) is 9.13. The first-order valence-electron chi connectivity index (χ1n) is 18.8. The van der Waals surface area contributed by atoms with Gasteiger partial charge in [-0.15, -0.1) is 0 Å². The van der Waals surface area contributed by atoms with Crippen LogP contribution in [-0.2, 0) is 28.5 Å². The van der Waals surface area contributed by atoms with Gasteiger partial charge in [-0.3, -0.25) is 9.59 Å². The predicted molar refractivity (Wildman–Crippen MR) is 198 cm³/mol. The van der Waals surface area contributed by atoms with E-state index in [0.29, 0.717) is 107 Å². The van der Waals surface area contributed by atoms with Gasteiger partial charge in [-0.25, -0.2) is 4.98 Å². The van der Waals surface area contributed by atoms with Crippen molar-refractivity contribution in [3.05, 3.63) is 30.0 Å². The van der Waals surface area contributed by atoms with Crippen LogP contribution in [0.25, 0.3) is 0 Å². The molecule has 1 aliphatic carbocycles. The van der Waals surface area contributed by atoms with E-state index < -0.39 is 0 Å². The van der Waals surface area contributed by atoms with Crippen LogP contribution in [0.3, 0.4) is 0 Å². The molecule has 1 aromatic heterocycles. The summed E-state index contributed by atoms with van der Waals surface area (Å²) in [5.41, 5.74) is 1.51. The van der Waals surface area contributed by atoms with Gasteiger partial charge in [0.05, 0.1) is 90.1 Å². The minimum absolute atomic E-state index is 0.0541. The summed E-state index contributed by atoms with van der Waals surface area (Å²) >= 11 is 0. The number of benzene rings is 1. The van der Waals surface area contributed by atoms with E-state index >= 15 is 0 Å². The van der Waals surface area contributed by atoms with Crippen LogP contribution in [0.2, 0.25) is 0 Å². The van der Waals surface area contributed by atoms with E-state index in [0.717, 1.165) is 57.4 Å². The number of carbonyl (C=O) groups is 2. The van der Waals surface area contributed by atoms with E-state index in [9.17, 15) is 9.59 Å². The lowest BCUT2D eigenvalue weighted by Gasteiger charge is -2.43. The molecule has 2 aliphatic heterocycles. The van der Waals surface area contributed by atoms with Gasteiger partial charge in [0.2, 0.25) is 11.9 Å². The van der Waals surface area contributed by atoms with Gasteiger partial charge in [-0.05, 0) is 57.3 Å². The topological polar surface area (TPSA) is 158 Å². The molecule has 2 fully saturated rings. The summed E-state index contributed by atoms with van der Waals surface area (Å²) in [5.74, 6) is 1.27. The van der Waals surface area contributed by atoms with Gasteiger partial charge in [0, 0.05) is 19.6 Å². The molecule has 3 N–H and O–H groups in total. The zero-order chi connectivity index (χ0) is 36.5. The lowest BCUT2D eigenvalue weighted by atomic mass is 10.0. The largest absolute Gasteiger partial charge is 0.495 e. The van der Waals surface area contributed by atoms with Gasteiger partial charge in [-0.2, -0.15) is 4.98 Å². The van der Waals surface area contributed by atoms with Crippen LogP contribution in [0.1, 0.15) is 62.2 Å². The summed E-state index contributed by atoms with van der Waals surface area (Å²) < 4.78 is 33.8. The molecule has 1 atom stereocenters. The monoisotopic (exact) mass is 727 g/mol. The maximum atomic E-state index is 13.3. The highest BCUT2D eigenvalue weighted by atomic mass is 16.6. The number of para-hydroxylation sites is 1. The second kappa shape index (κ2) is 21.2. The molecule has 2 amide bonds. The number of likely N-dealkylation sites (N-methyl/N-ethyl adjacent to an activating group) is 1. The van der Waals surface area contributed by atoms with Gasteiger partial charge < -0.3 is 54.2 Å². The van der Waals surface area contributed by atoms with Crippen LogP contribution in [0, 0.1) is 0 Å². The number of fused-ring (bicyclic) bond motifs is 1. The number of aromatic nitrogens is 2. The smallest absolute Gasteiger partial charge is 0.253 e. The van der Waals surface area contributed by atoms with Gasteiger partial charge in [0.15, 0.2) is 5.82 Å². The lowest BCUT2D eigenvalue weighted by Crippen LogP contribution is -2.55. The number of nitrogens with one attached hydrogen (secondary N) is 3. The van der Waals surface area contributed by atoms with Crippen molar-refractivity contribution >= 4 is 35.0 Å². The molecule has 288 valence electrons. The number of anilines is 4. The minimum Gasteiger partial charge on any atom is -0.495 e. The molecule has 15 heteroatoms.